The van der Waals surface area contributed by atoms with Gasteiger partial charge in [0, 0.05) is 17.5 Å². The third-order valence-corrected chi connectivity index (χ3v) is 3.05. The van der Waals surface area contributed by atoms with Crippen molar-refractivity contribution in [2.24, 2.45) is 0 Å². The van der Waals surface area contributed by atoms with Gasteiger partial charge in [0.1, 0.15) is 0 Å². The van der Waals surface area contributed by atoms with E-state index in [0.717, 1.165) is 24.0 Å². The van der Waals surface area contributed by atoms with Gasteiger partial charge in [0.2, 0.25) is 0 Å². The summed E-state index contributed by atoms with van der Waals surface area (Å²) in [4.78, 5) is 11.8. The number of aryl methyl sites for hydroxylation is 2. The van der Waals surface area contributed by atoms with Crippen LogP contribution in [0.15, 0.2) is 18.2 Å². The summed E-state index contributed by atoms with van der Waals surface area (Å²) in [5.41, 5.74) is 3.08. The molecule has 0 radical (unpaired) electrons. The third kappa shape index (κ3) is 4.78. The van der Waals surface area contributed by atoms with Crippen molar-refractivity contribution in [2.75, 3.05) is 6.54 Å². The minimum atomic E-state index is -0.00433. The van der Waals surface area contributed by atoms with Crippen LogP contribution in [-0.2, 0) is 0 Å². The van der Waals surface area contributed by atoms with E-state index >= 15 is 0 Å². The summed E-state index contributed by atoms with van der Waals surface area (Å²) in [5.74, 6) is -0.00433. The second-order valence-electron chi connectivity index (χ2n) is 4.48. The van der Waals surface area contributed by atoms with E-state index in [0.29, 0.717) is 6.54 Å². The average Bonchev–Trinajstić information content (AvgIpc) is 2.27. The molecule has 3 heteroatoms. The Kier molecular flexibility index (Phi) is 5.49. The number of alkyl halides is 1. The van der Waals surface area contributed by atoms with Crippen LogP contribution >= 0.6 is 11.6 Å². The highest BCUT2D eigenvalue weighted by Crippen LogP contribution is 2.09. The van der Waals surface area contributed by atoms with Crippen LogP contribution in [-0.4, -0.2) is 17.8 Å². The Morgan fingerprint density at radius 3 is 2.65 bits per heavy atom. The molecule has 2 nitrogen and oxygen atoms in total. The fourth-order valence-corrected chi connectivity index (χ4v) is 1.72. The van der Waals surface area contributed by atoms with E-state index < -0.39 is 0 Å². The van der Waals surface area contributed by atoms with Gasteiger partial charge in [0.15, 0.2) is 0 Å². The molecule has 0 aliphatic heterocycles. The maximum atomic E-state index is 11.8. The van der Waals surface area contributed by atoms with Gasteiger partial charge in [0.05, 0.1) is 0 Å². The molecule has 0 heterocycles. The lowest BCUT2D eigenvalue weighted by Gasteiger charge is -2.07. The second kappa shape index (κ2) is 6.65. The SMILES string of the molecule is Cc1ccc(C(=O)NCCCC(C)Cl)cc1C. The Morgan fingerprint density at radius 2 is 2.06 bits per heavy atom. The van der Waals surface area contributed by atoms with Crippen LogP contribution in [0, 0.1) is 13.8 Å². The molecule has 1 atom stereocenters. The van der Waals surface area contributed by atoms with Crippen molar-refractivity contribution in [3.8, 4) is 0 Å². The molecular formula is C14H20ClNO. The van der Waals surface area contributed by atoms with Gasteiger partial charge in [-0.2, -0.15) is 0 Å². The first-order chi connectivity index (χ1) is 8.00. The molecule has 94 valence electrons. The van der Waals surface area contributed by atoms with Crippen molar-refractivity contribution >= 4 is 17.5 Å². The maximum absolute atomic E-state index is 11.8. The molecule has 0 fully saturated rings. The number of nitrogens with one attached hydrogen (secondary N) is 1. The minimum absolute atomic E-state index is 0.00433. The number of amides is 1. The smallest absolute Gasteiger partial charge is 0.251 e. The summed E-state index contributed by atoms with van der Waals surface area (Å²) in [5, 5.41) is 3.08. The number of benzene rings is 1. The predicted molar refractivity (Wildman–Crippen MR) is 72.8 cm³/mol. The molecule has 1 amide bonds. The lowest BCUT2D eigenvalue weighted by Crippen LogP contribution is -2.24. The molecule has 0 saturated carbocycles. The Bertz CT molecular complexity index is 388. The van der Waals surface area contributed by atoms with E-state index in [2.05, 4.69) is 5.32 Å². The number of hydrogen-bond donors (Lipinski definition) is 1. The first kappa shape index (κ1) is 14.0. The van der Waals surface area contributed by atoms with Gasteiger partial charge < -0.3 is 5.32 Å². The van der Waals surface area contributed by atoms with Crippen LogP contribution in [0.2, 0.25) is 0 Å². The van der Waals surface area contributed by atoms with Crippen LogP contribution in [0.25, 0.3) is 0 Å². The van der Waals surface area contributed by atoms with Gasteiger partial charge in [-0.25, -0.2) is 0 Å². The van der Waals surface area contributed by atoms with Crippen molar-refractivity contribution < 1.29 is 4.79 Å². The molecule has 0 aliphatic rings. The largest absolute Gasteiger partial charge is 0.352 e. The fraction of sp³-hybridized carbons (Fsp3) is 0.500. The average molecular weight is 254 g/mol. The summed E-state index contributed by atoms with van der Waals surface area (Å²) in [7, 11) is 0. The topological polar surface area (TPSA) is 29.1 Å². The molecule has 1 aromatic rings. The molecule has 1 aromatic carbocycles. The highest BCUT2D eigenvalue weighted by atomic mass is 35.5. The quantitative estimate of drug-likeness (QED) is 0.632. The van der Waals surface area contributed by atoms with Gasteiger partial charge in [0.25, 0.3) is 5.91 Å². The number of hydrogen-bond acceptors (Lipinski definition) is 1. The first-order valence-electron chi connectivity index (χ1n) is 6.00. The van der Waals surface area contributed by atoms with Crippen molar-refractivity contribution in [3.05, 3.63) is 34.9 Å². The zero-order valence-corrected chi connectivity index (χ0v) is 11.5. The van der Waals surface area contributed by atoms with Crippen LogP contribution in [0.3, 0.4) is 0 Å². The molecule has 1 unspecified atom stereocenters. The molecule has 0 saturated heterocycles. The summed E-state index contributed by atoms with van der Waals surface area (Å²) in [6, 6.07) is 5.77. The van der Waals surface area contributed by atoms with Crippen molar-refractivity contribution in [3.63, 3.8) is 0 Å². The fourth-order valence-electron chi connectivity index (χ4n) is 1.57. The van der Waals surface area contributed by atoms with Gasteiger partial charge >= 0.3 is 0 Å². The lowest BCUT2D eigenvalue weighted by molar-refractivity contribution is 0.0953. The van der Waals surface area contributed by atoms with Gasteiger partial charge in [-0.15, -0.1) is 11.6 Å². The zero-order chi connectivity index (χ0) is 12.8. The molecule has 0 aliphatic carbocycles. The van der Waals surface area contributed by atoms with Crippen molar-refractivity contribution in [1.29, 1.82) is 0 Å². The van der Waals surface area contributed by atoms with Crippen LogP contribution in [0.1, 0.15) is 41.3 Å². The van der Waals surface area contributed by atoms with E-state index in [1.807, 2.05) is 39.0 Å². The van der Waals surface area contributed by atoms with Gasteiger partial charge in [-0.3, -0.25) is 4.79 Å². The number of rotatable bonds is 5. The predicted octanol–water partition coefficient (Wildman–Crippen LogP) is 3.44. The highest BCUT2D eigenvalue weighted by molar-refractivity contribution is 6.20. The van der Waals surface area contributed by atoms with E-state index in [4.69, 9.17) is 11.6 Å². The molecule has 17 heavy (non-hydrogen) atoms. The monoisotopic (exact) mass is 253 g/mol. The van der Waals surface area contributed by atoms with E-state index in [9.17, 15) is 4.79 Å². The molecule has 0 spiro atoms. The van der Waals surface area contributed by atoms with Gasteiger partial charge in [-0.05, 0) is 56.9 Å². The molecule has 0 aromatic heterocycles. The Hall–Kier alpha value is -1.02. The highest BCUT2D eigenvalue weighted by Gasteiger charge is 2.06. The molecule has 1 N–H and O–H groups in total. The second-order valence-corrected chi connectivity index (χ2v) is 5.22. The standard InChI is InChI=1S/C14H20ClNO/c1-10-6-7-13(9-11(10)2)14(17)16-8-4-5-12(3)15/h6-7,9,12H,4-5,8H2,1-3H3,(H,16,17). The summed E-state index contributed by atoms with van der Waals surface area (Å²) in [6.45, 7) is 6.70. The van der Waals surface area contributed by atoms with E-state index in [1.165, 1.54) is 5.56 Å². The Morgan fingerprint density at radius 1 is 1.35 bits per heavy atom. The van der Waals surface area contributed by atoms with E-state index in [1.54, 1.807) is 0 Å². The lowest BCUT2D eigenvalue weighted by atomic mass is 10.1. The number of carbonyl (C=O) groups is 1. The Balaban J connectivity index is 2.44. The minimum Gasteiger partial charge on any atom is -0.352 e. The van der Waals surface area contributed by atoms with Crippen LogP contribution in [0.4, 0.5) is 0 Å². The van der Waals surface area contributed by atoms with E-state index in [-0.39, 0.29) is 11.3 Å². The van der Waals surface area contributed by atoms with Gasteiger partial charge in [-0.1, -0.05) is 6.07 Å². The first-order valence-corrected chi connectivity index (χ1v) is 6.44. The summed E-state index contributed by atoms with van der Waals surface area (Å²) in [6.07, 6.45) is 1.84. The molecular weight excluding hydrogens is 234 g/mol. The zero-order valence-electron chi connectivity index (χ0n) is 10.7. The molecule has 1 rings (SSSR count). The molecule has 0 bridgehead atoms. The third-order valence-electron chi connectivity index (χ3n) is 2.83. The number of carbonyl (C=O) groups excluding carboxylic acids is 1. The van der Waals surface area contributed by atoms with Crippen molar-refractivity contribution in [1.82, 2.24) is 5.32 Å². The maximum Gasteiger partial charge on any atom is 0.251 e. The van der Waals surface area contributed by atoms with Crippen LogP contribution < -0.4 is 5.32 Å². The summed E-state index contributed by atoms with van der Waals surface area (Å²) >= 11 is 5.84. The summed E-state index contributed by atoms with van der Waals surface area (Å²) < 4.78 is 0. The van der Waals surface area contributed by atoms with Crippen molar-refractivity contribution in [2.45, 2.75) is 39.0 Å². The number of halogens is 1. The van der Waals surface area contributed by atoms with Crippen LogP contribution in [0.5, 0.6) is 0 Å². The normalized spacial score (nSPS) is 12.2. The Labute approximate surface area is 108 Å².